The quantitative estimate of drug-likeness (QED) is 0.777. The van der Waals surface area contributed by atoms with Gasteiger partial charge < -0.3 is 14.7 Å². The number of carbonyl (C=O) groups excluding carboxylic acids is 2. The first-order chi connectivity index (χ1) is 12.7. The predicted octanol–water partition coefficient (Wildman–Crippen LogP) is 2.10. The van der Waals surface area contributed by atoms with Crippen molar-refractivity contribution in [2.75, 3.05) is 45.8 Å². The van der Waals surface area contributed by atoms with Gasteiger partial charge in [0.1, 0.15) is 0 Å². The lowest BCUT2D eigenvalue weighted by molar-refractivity contribution is -0.140. The van der Waals surface area contributed by atoms with Gasteiger partial charge in [0.05, 0.1) is 0 Å². The number of likely N-dealkylation sites (N-methyl/N-ethyl adjacent to an activating group) is 1. The molecule has 26 heavy (non-hydrogen) atoms. The van der Waals surface area contributed by atoms with Crippen LogP contribution in [0.1, 0.15) is 25.3 Å². The van der Waals surface area contributed by atoms with E-state index in [1.54, 1.807) is 6.08 Å². The van der Waals surface area contributed by atoms with Crippen LogP contribution in [0.15, 0.2) is 36.4 Å². The third-order valence-electron chi connectivity index (χ3n) is 5.50. The van der Waals surface area contributed by atoms with Gasteiger partial charge in [0.2, 0.25) is 11.8 Å². The van der Waals surface area contributed by atoms with Crippen LogP contribution in [0.2, 0.25) is 0 Å². The molecule has 2 fully saturated rings. The summed E-state index contributed by atoms with van der Waals surface area (Å²) in [5.74, 6) is 0.398. The Labute approximate surface area is 156 Å². The monoisotopic (exact) mass is 355 g/mol. The molecule has 0 unspecified atom stereocenters. The van der Waals surface area contributed by atoms with Crippen LogP contribution in [0.25, 0.3) is 6.08 Å². The van der Waals surface area contributed by atoms with E-state index in [-0.39, 0.29) is 17.7 Å². The normalized spacial score (nSPS) is 19.9. The zero-order valence-corrected chi connectivity index (χ0v) is 15.6. The van der Waals surface area contributed by atoms with Gasteiger partial charge in [-0.1, -0.05) is 37.3 Å². The van der Waals surface area contributed by atoms with Gasteiger partial charge in [-0.3, -0.25) is 9.59 Å². The molecule has 5 heteroatoms. The molecular formula is C21H29N3O2. The van der Waals surface area contributed by atoms with Gasteiger partial charge in [0, 0.05) is 51.3 Å². The van der Waals surface area contributed by atoms with Crippen molar-refractivity contribution in [2.24, 2.45) is 5.92 Å². The van der Waals surface area contributed by atoms with Crippen LogP contribution in [0, 0.1) is 5.92 Å². The van der Waals surface area contributed by atoms with Crippen molar-refractivity contribution in [1.29, 1.82) is 0 Å². The summed E-state index contributed by atoms with van der Waals surface area (Å²) in [6.45, 7) is 8.19. The number of likely N-dealkylation sites (tertiary alicyclic amines) is 1. The Morgan fingerprint density at radius 1 is 0.962 bits per heavy atom. The Morgan fingerprint density at radius 2 is 1.62 bits per heavy atom. The van der Waals surface area contributed by atoms with E-state index in [4.69, 9.17) is 0 Å². The van der Waals surface area contributed by atoms with Crippen molar-refractivity contribution >= 4 is 17.9 Å². The zero-order valence-electron chi connectivity index (χ0n) is 15.6. The van der Waals surface area contributed by atoms with Crippen molar-refractivity contribution in [3.8, 4) is 0 Å². The van der Waals surface area contributed by atoms with E-state index in [1.807, 2.05) is 46.2 Å². The summed E-state index contributed by atoms with van der Waals surface area (Å²) in [4.78, 5) is 31.3. The molecule has 0 spiro atoms. The van der Waals surface area contributed by atoms with Gasteiger partial charge >= 0.3 is 0 Å². The molecule has 0 aliphatic carbocycles. The fraction of sp³-hybridized carbons (Fsp3) is 0.524. The molecule has 0 radical (unpaired) electrons. The average molecular weight is 355 g/mol. The molecule has 1 aromatic carbocycles. The third-order valence-corrected chi connectivity index (χ3v) is 5.50. The van der Waals surface area contributed by atoms with E-state index in [9.17, 15) is 9.59 Å². The second-order valence-corrected chi connectivity index (χ2v) is 7.10. The Morgan fingerprint density at radius 3 is 2.23 bits per heavy atom. The highest BCUT2D eigenvalue weighted by atomic mass is 16.2. The highest BCUT2D eigenvalue weighted by molar-refractivity contribution is 5.92. The van der Waals surface area contributed by atoms with Crippen molar-refractivity contribution in [1.82, 2.24) is 14.7 Å². The second-order valence-electron chi connectivity index (χ2n) is 7.10. The van der Waals surface area contributed by atoms with E-state index >= 15 is 0 Å². The Bertz CT molecular complexity index is 628. The van der Waals surface area contributed by atoms with E-state index in [0.717, 1.165) is 51.1 Å². The van der Waals surface area contributed by atoms with Crippen LogP contribution in [-0.4, -0.2) is 72.3 Å². The average Bonchev–Trinajstić information content (AvgIpc) is 2.72. The number of carbonyl (C=O) groups is 2. The molecule has 0 bridgehead atoms. The first-order valence-corrected chi connectivity index (χ1v) is 9.70. The molecule has 2 aliphatic rings. The van der Waals surface area contributed by atoms with Gasteiger partial charge in [0.15, 0.2) is 0 Å². The molecule has 0 aromatic heterocycles. The van der Waals surface area contributed by atoms with Crippen LogP contribution >= 0.6 is 0 Å². The van der Waals surface area contributed by atoms with Crippen molar-refractivity contribution in [3.05, 3.63) is 42.0 Å². The first kappa shape index (κ1) is 18.6. The minimum Gasteiger partial charge on any atom is -0.340 e. The summed E-state index contributed by atoms with van der Waals surface area (Å²) in [6.07, 6.45) is 5.05. The van der Waals surface area contributed by atoms with Crippen LogP contribution in [0.3, 0.4) is 0 Å². The number of hydrogen-bond acceptors (Lipinski definition) is 3. The van der Waals surface area contributed by atoms with Gasteiger partial charge in [0.25, 0.3) is 0 Å². The molecule has 0 N–H and O–H groups in total. The minimum absolute atomic E-state index is 0.0383. The van der Waals surface area contributed by atoms with E-state index < -0.39 is 0 Å². The van der Waals surface area contributed by atoms with Gasteiger partial charge in [-0.2, -0.15) is 0 Å². The van der Waals surface area contributed by atoms with Crippen molar-refractivity contribution < 1.29 is 9.59 Å². The molecule has 2 saturated heterocycles. The molecule has 1 aromatic rings. The van der Waals surface area contributed by atoms with Crippen LogP contribution in [0.4, 0.5) is 0 Å². The van der Waals surface area contributed by atoms with E-state index in [2.05, 4.69) is 11.8 Å². The molecule has 2 aliphatic heterocycles. The summed E-state index contributed by atoms with van der Waals surface area (Å²) in [5.41, 5.74) is 1.03. The number of piperidine rings is 1. The number of nitrogens with zero attached hydrogens (tertiary/aromatic N) is 3. The van der Waals surface area contributed by atoms with Crippen molar-refractivity contribution in [2.45, 2.75) is 19.8 Å². The Kier molecular flexibility index (Phi) is 6.45. The SMILES string of the molecule is CCN1CCN(C(=O)C2CCN(C(=O)C=Cc3ccccc3)CC2)CC1. The Hall–Kier alpha value is -2.14. The highest BCUT2D eigenvalue weighted by Gasteiger charge is 2.30. The van der Waals surface area contributed by atoms with Gasteiger partial charge in [-0.25, -0.2) is 0 Å². The van der Waals surface area contributed by atoms with Crippen LogP contribution in [-0.2, 0) is 9.59 Å². The maximum atomic E-state index is 12.7. The predicted molar refractivity (Wildman–Crippen MR) is 103 cm³/mol. The molecule has 140 valence electrons. The largest absolute Gasteiger partial charge is 0.340 e. The fourth-order valence-corrected chi connectivity index (χ4v) is 3.73. The van der Waals surface area contributed by atoms with E-state index in [0.29, 0.717) is 13.1 Å². The lowest BCUT2D eigenvalue weighted by Gasteiger charge is -2.38. The number of amides is 2. The molecule has 2 amide bonds. The van der Waals surface area contributed by atoms with E-state index in [1.165, 1.54) is 0 Å². The molecule has 5 nitrogen and oxygen atoms in total. The summed E-state index contributed by atoms with van der Waals surface area (Å²) in [6, 6.07) is 9.84. The molecular weight excluding hydrogens is 326 g/mol. The third kappa shape index (κ3) is 4.73. The smallest absolute Gasteiger partial charge is 0.246 e. The standard InChI is InChI=1S/C21H29N3O2/c1-2-22-14-16-24(17-15-22)21(26)19-10-12-23(13-11-19)20(25)9-8-18-6-4-3-5-7-18/h3-9,19H,2,10-17H2,1H3. The lowest BCUT2D eigenvalue weighted by atomic mass is 9.95. The minimum atomic E-state index is 0.0383. The zero-order chi connectivity index (χ0) is 18.4. The maximum absolute atomic E-state index is 12.7. The summed E-state index contributed by atoms with van der Waals surface area (Å²) in [7, 11) is 0. The number of hydrogen-bond donors (Lipinski definition) is 0. The van der Waals surface area contributed by atoms with Gasteiger partial charge in [-0.15, -0.1) is 0 Å². The first-order valence-electron chi connectivity index (χ1n) is 9.70. The second kappa shape index (κ2) is 8.99. The Balaban J connectivity index is 1.46. The number of piperazine rings is 1. The summed E-state index contributed by atoms with van der Waals surface area (Å²) >= 11 is 0. The van der Waals surface area contributed by atoms with Crippen LogP contribution < -0.4 is 0 Å². The van der Waals surface area contributed by atoms with Crippen molar-refractivity contribution in [3.63, 3.8) is 0 Å². The van der Waals surface area contributed by atoms with Gasteiger partial charge in [-0.05, 0) is 31.0 Å². The summed E-state index contributed by atoms with van der Waals surface area (Å²) < 4.78 is 0. The molecule has 2 heterocycles. The number of rotatable bonds is 4. The highest BCUT2D eigenvalue weighted by Crippen LogP contribution is 2.21. The number of benzene rings is 1. The topological polar surface area (TPSA) is 43.9 Å². The molecule has 0 atom stereocenters. The fourth-order valence-electron chi connectivity index (χ4n) is 3.73. The molecule has 3 rings (SSSR count). The lowest BCUT2D eigenvalue weighted by Crippen LogP contribution is -2.51. The van der Waals surface area contributed by atoms with Crippen LogP contribution in [0.5, 0.6) is 0 Å². The molecule has 0 saturated carbocycles. The maximum Gasteiger partial charge on any atom is 0.246 e. The summed E-state index contributed by atoms with van der Waals surface area (Å²) in [5, 5.41) is 0.